The highest BCUT2D eigenvalue weighted by Crippen LogP contribution is 2.43. The summed E-state index contributed by atoms with van der Waals surface area (Å²) in [6.07, 6.45) is 4.62. The lowest BCUT2D eigenvalue weighted by Crippen LogP contribution is -2.41. The van der Waals surface area contributed by atoms with Crippen LogP contribution in [0.4, 0.5) is 10.1 Å². The molecular formula is C14H19FN2O. The van der Waals surface area contributed by atoms with Gasteiger partial charge in [0.05, 0.1) is 0 Å². The molecular weight excluding hydrogens is 231 g/mol. The van der Waals surface area contributed by atoms with Gasteiger partial charge in [-0.25, -0.2) is 4.39 Å². The Labute approximate surface area is 107 Å². The van der Waals surface area contributed by atoms with Crippen LogP contribution < -0.4 is 11.1 Å². The monoisotopic (exact) mass is 250 g/mol. The second kappa shape index (κ2) is 4.96. The lowest BCUT2D eigenvalue weighted by molar-refractivity contribution is 0.0849. The lowest BCUT2D eigenvalue weighted by atomic mass is 9.67. The normalized spacial score (nSPS) is 17.0. The Bertz CT molecular complexity index is 429. The molecule has 0 spiro atoms. The Morgan fingerprint density at radius 2 is 2.17 bits per heavy atom. The van der Waals surface area contributed by atoms with E-state index in [9.17, 15) is 9.18 Å². The largest absolute Gasteiger partial charge is 0.399 e. The van der Waals surface area contributed by atoms with E-state index >= 15 is 0 Å². The fourth-order valence-electron chi connectivity index (χ4n) is 2.45. The Balaban J connectivity index is 1.99. The Hall–Kier alpha value is -1.58. The van der Waals surface area contributed by atoms with Crippen LogP contribution in [0.2, 0.25) is 0 Å². The van der Waals surface area contributed by atoms with Crippen molar-refractivity contribution in [3.8, 4) is 0 Å². The smallest absolute Gasteiger partial charge is 0.251 e. The summed E-state index contributed by atoms with van der Waals surface area (Å²) in [5, 5.41) is 2.89. The van der Waals surface area contributed by atoms with Crippen molar-refractivity contribution in [1.82, 2.24) is 5.32 Å². The first kappa shape index (κ1) is 12.9. The maximum absolute atomic E-state index is 13.1. The topological polar surface area (TPSA) is 55.1 Å². The minimum Gasteiger partial charge on any atom is -0.399 e. The minimum absolute atomic E-state index is 0.249. The molecule has 0 heterocycles. The number of halogens is 1. The van der Waals surface area contributed by atoms with E-state index in [1.54, 1.807) is 0 Å². The van der Waals surface area contributed by atoms with Crippen molar-refractivity contribution in [2.24, 2.45) is 5.41 Å². The fourth-order valence-corrected chi connectivity index (χ4v) is 2.45. The molecule has 2 rings (SSSR count). The highest BCUT2D eigenvalue weighted by Gasteiger charge is 2.35. The van der Waals surface area contributed by atoms with Gasteiger partial charge in [-0.15, -0.1) is 0 Å². The molecule has 1 fully saturated rings. The average Bonchev–Trinajstić information content (AvgIpc) is 2.26. The standard InChI is InChI=1S/C14H19FN2O/c1-2-14(4-3-5-14)9-17-13(18)10-6-11(15)8-12(16)7-10/h6-8H,2-5,9,16H2,1H3,(H,17,18). The van der Waals surface area contributed by atoms with Gasteiger partial charge in [-0.3, -0.25) is 4.79 Å². The summed E-state index contributed by atoms with van der Waals surface area (Å²) >= 11 is 0. The van der Waals surface area contributed by atoms with Crippen LogP contribution in [0.1, 0.15) is 43.0 Å². The molecule has 3 N–H and O–H groups in total. The Kier molecular flexibility index (Phi) is 3.55. The third-order valence-corrected chi connectivity index (χ3v) is 3.97. The molecule has 1 aliphatic carbocycles. The molecule has 1 aromatic carbocycles. The van der Waals surface area contributed by atoms with E-state index in [0.717, 1.165) is 19.3 Å². The van der Waals surface area contributed by atoms with E-state index in [1.807, 2.05) is 0 Å². The first-order valence-corrected chi connectivity index (χ1v) is 6.39. The third-order valence-electron chi connectivity index (χ3n) is 3.97. The summed E-state index contributed by atoms with van der Waals surface area (Å²) in [5.41, 5.74) is 6.34. The van der Waals surface area contributed by atoms with E-state index in [2.05, 4.69) is 12.2 Å². The van der Waals surface area contributed by atoms with Crippen LogP contribution in [-0.4, -0.2) is 12.5 Å². The van der Waals surface area contributed by atoms with Crippen LogP contribution in [-0.2, 0) is 0 Å². The summed E-state index contributed by atoms with van der Waals surface area (Å²) < 4.78 is 13.1. The van der Waals surface area contributed by atoms with E-state index in [1.165, 1.54) is 24.6 Å². The zero-order chi connectivity index (χ0) is 13.2. The molecule has 0 radical (unpaired) electrons. The van der Waals surface area contributed by atoms with Gasteiger partial charge in [-0.05, 0) is 42.9 Å². The summed E-state index contributed by atoms with van der Waals surface area (Å²) in [5.74, 6) is -0.727. The van der Waals surface area contributed by atoms with Crippen molar-refractivity contribution in [3.05, 3.63) is 29.6 Å². The number of benzene rings is 1. The van der Waals surface area contributed by atoms with Gasteiger partial charge in [0.15, 0.2) is 0 Å². The van der Waals surface area contributed by atoms with Crippen molar-refractivity contribution in [2.75, 3.05) is 12.3 Å². The van der Waals surface area contributed by atoms with Crippen LogP contribution >= 0.6 is 0 Å². The fraction of sp³-hybridized carbons (Fsp3) is 0.500. The number of rotatable bonds is 4. The highest BCUT2D eigenvalue weighted by molar-refractivity contribution is 5.95. The average molecular weight is 250 g/mol. The van der Waals surface area contributed by atoms with Crippen molar-refractivity contribution in [3.63, 3.8) is 0 Å². The summed E-state index contributed by atoms with van der Waals surface area (Å²) in [6.45, 7) is 2.81. The first-order valence-electron chi connectivity index (χ1n) is 6.39. The Morgan fingerprint density at radius 3 is 2.67 bits per heavy atom. The number of hydrogen-bond acceptors (Lipinski definition) is 2. The highest BCUT2D eigenvalue weighted by atomic mass is 19.1. The second-order valence-electron chi connectivity index (χ2n) is 5.16. The molecule has 1 saturated carbocycles. The van der Waals surface area contributed by atoms with Crippen LogP contribution in [0.3, 0.4) is 0 Å². The van der Waals surface area contributed by atoms with Crippen LogP contribution in [0.15, 0.2) is 18.2 Å². The molecule has 0 atom stereocenters. The van der Waals surface area contributed by atoms with Crippen molar-refractivity contribution >= 4 is 11.6 Å². The summed E-state index contributed by atoms with van der Waals surface area (Å²) in [7, 11) is 0. The molecule has 1 aliphatic rings. The maximum atomic E-state index is 13.1. The number of carbonyl (C=O) groups excluding carboxylic acids is 1. The number of nitrogens with two attached hydrogens (primary N) is 1. The van der Waals surface area contributed by atoms with Crippen LogP contribution in [0.25, 0.3) is 0 Å². The van der Waals surface area contributed by atoms with Crippen LogP contribution in [0.5, 0.6) is 0 Å². The van der Waals surface area contributed by atoms with E-state index in [-0.39, 0.29) is 22.6 Å². The number of nitrogen functional groups attached to an aromatic ring is 1. The minimum atomic E-state index is -0.478. The first-order chi connectivity index (χ1) is 8.54. The molecule has 18 heavy (non-hydrogen) atoms. The van der Waals surface area contributed by atoms with Crippen LogP contribution in [0, 0.1) is 11.2 Å². The van der Waals surface area contributed by atoms with E-state index in [4.69, 9.17) is 5.73 Å². The molecule has 4 heteroatoms. The number of carbonyl (C=O) groups is 1. The molecule has 0 bridgehead atoms. The SMILES string of the molecule is CCC1(CNC(=O)c2cc(N)cc(F)c2)CCC1. The second-order valence-corrected chi connectivity index (χ2v) is 5.16. The van der Waals surface area contributed by atoms with Crippen molar-refractivity contribution in [1.29, 1.82) is 0 Å². The summed E-state index contributed by atoms with van der Waals surface area (Å²) in [4.78, 5) is 11.9. The quantitative estimate of drug-likeness (QED) is 0.807. The number of amides is 1. The van der Waals surface area contributed by atoms with Gasteiger partial charge in [0.25, 0.3) is 5.91 Å². The zero-order valence-corrected chi connectivity index (χ0v) is 10.6. The van der Waals surface area contributed by atoms with Gasteiger partial charge in [0, 0.05) is 17.8 Å². The molecule has 0 unspecified atom stereocenters. The van der Waals surface area contributed by atoms with Gasteiger partial charge >= 0.3 is 0 Å². The Morgan fingerprint density at radius 1 is 1.44 bits per heavy atom. The molecule has 0 aliphatic heterocycles. The molecule has 0 saturated heterocycles. The zero-order valence-electron chi connectivity index (χ0n) is 10.6. The number of hydrogen-bond donors (Lipinski definition) is 2. The predicted molar refractivity (Wildman–Crippen MR) is 69.7 cm³/mol. The van der Waals surface area contributed by atoms with Gasteiger partial charge in [0.2, 0.25) is 0 Å². The third kappa shape index (κ3) is 2.63. The summed E-state index contributed by atoms with van der Waals surface area (Å²) in [6, 6.07) is 3.92. The van der Waals surface area contributed by atoms with E-state index in [0.29, 0.717) is 6.54 Å². The van der Waals surface area contributed by atoms with Gasteiger partial charge in [-0.1, -0.05) is 13.3 Å². The van der Waals surface area contributed by atoms with Gasteiger partial charge in [0.1, 0.15) is 5.82 Å². The van der Waals surface area contributed by atoms with Gasteiger partial charge < -0.3 is 11.1 Å². The number of anilines is 1. The number of nitrogens with one attached hydrogen (secondary N) is 1. The molecule has 3 nitrogen and oxygen atoms in total. The van der Waals surface area contributed by atoms with Crippen molar-refractivity contribution < 1.29 is 9.18 Å². The predicted octanol–water partition coefficient (Wildman–Crippen LogP) is 2.72. The molecule has 0 aromatic heterocycles. The molecule has 1 amide bonds. The van der Waals surface area contributed by atoms with Crippen molar-refractivity contribution in [2.45, 2.75) is 32.6 Å². The maximum Gasteiger partial charge on any atom is 0.251 e. The molecule has 98 valence electrons. The van der Waals surface area contributed by atoms with Gasteiger partial charge in [-0.2, -0.15) is 0 Å². The van der Waals surface area contributed by atoms with E-state index < -0.39 is 5.82 Å². The molecule has 1 aromatic rings. The lowest BCUT2D eigenvalue weighted by Gasteiger charge is -2.41.